The van der Waals surface area contributed by atoms with Crippen LogP contribution < -0.4 is 5.32 Å². The second-order valence-electron chi connectivity index (χ2n) is 3.55. The highest BCUT2D eigenvalue weighted by Gasteiger charge is 2.14. The number of hydrogen-bond acceptors (Lipinski definition) is 4. The van der Waals surface area contributed by atoms with Gasteiger partial charge in [0.25, 0.3) is 5.91 Å². The minimum atomic E-state index is -0.179. The van der Waals surface area contributed by atoms with Crippen molar-refractivity contribution in [2.75, 3.05) is 5.32 Å². The van der Waals surface area contributed by atoms with Gasteiger partial charge in [-0.05, 0) is 19.9 Å². The number of rotatable bonds is 3. The second-order valence-corrected chi connectivity index (χ2v) is 4.44. The fourth-order valence-electron chi connectivity index (χ4n) is 1.35. The number of nitrogens with zero attached hydrogens (tertiary/aromatic N) is 3. The van der Waals surface area contributed by atoms with E-state index in [1.54, 1.807) is 23.1 Å². The van der Waals surface area contributed by atoms with E-state index in [1.165, 1.54) is 11.3 Å². The van der Waals surface area contributed by atoms with Crippen LogP contribution >= 0.6 is 11.3 Å². The highest BCUT2D eigenvalue weighted by Crippen LogP contribution is 2.14. The second kappa shape index (κ2) is 4.44. The van der Waals surface area contributed by atoms with Crippen molar-refractivity contribution in [2.24, 2.45) is 0 Å². The predicted octanol–water partition coefficient (Wildman–Crippen LogP) is 2.17. The van der Waals surface area contributed by atoms with E-state index < -0.39 is 0 Å². The van der Waals surface area contributed by atoms with Gasteiger partial charge in [0.2, 0.25) is 0 Å². The van der Waals surface area contributed by atoms with Crippen molar-refractivity contribution in [1.82, 2.24) is 14.8 Å². The molecule has 16 heavy (non-hydrogen) atoms. The van der Waals surface area contributed by atoms with Crippen LogP contribution in [0.5, 0.6) is 0 Å². The molecule has 6 heteroatoms. The maximum atomic E-state index is 11.9. The summed E-state index contributed by atoms with van der Waals surface area (Å²) in [7, 11) is 0. The highest BCUT2D eigenvalue weighted by atomic mass is 32.1. The van der Waals surface area contributed by atoms with Gasteiger partial charge in [0.05, 0.1) is 0 Å². The SMILES string of the molecule is CC(C)n1nccc1C(=O)Nc1nccs1. The van der Waals surface area contributed by atoms with Gasteiger partial charge >= 0.3 is 0 Å². The Morgan fingerprint density at radius 2 is 2.31 bits per heavy atom. The predicted molar refractivity (Wildman–Crippen MR) is 62.7 cm³/mol. The molecule has 2 aromatic rings. The molecule has 1 amide bonds. The van der Waals surface area contributed by atoms with Gasteiger partial charge in [-0.2, -0.15) is 5.10 Å². The van der Waals surface area contributed by atoms with Gasteiger partial charge in [0, 0.05) is 23.8 Å². The maximum absolute atomic E-state index is 11.9. The normalized spacial score (nSPS) is 10.7. The van der Waals surface area contributed by atoms with Crippen LogP contribution in [0.25, 0.3) is 0 Å². The van der Waals surface area contributed by atoms with Gasteiger partial charge in [0.1, 0.15) is 5.69 Å². The molecule has 0 fully saturated rings. The largest absolute Gasteiger partial charge is 0.297 e. The zero-order chi connectivity index (χ0) is 11.5. The first-order valence-electron chi connectivity index (χ1n) is 4.93. The molecule has 0 aliphatic carbocycles. The first kappa shape index (κ1) is 10.8. The van der Waals surface area contributed by atoms with E-state index in [0.717, 1.165) is 0 Å². The summed E-state index contributed by atoms with van der Waals surface area (Å²) in [6, 6.07) is 1.86. The monoisotopic (exact) mass is 236 g/mol. The molecule has 5 nitrogen and oxygen atoms in total. The molecule has 0 saturated carbocycles. The summed E-state index contributed by atoms with van der Waals surface area (Å²) in [6.07, 6.45) is 3.27. The molecule has 0 unspecified atom stereocenters. The Bertz CT molecular complexity index is 475. The molecule has 0 bridgehead atoms. The van der Waals surface area contributed by atoms with E-state index in [9.17, 15) is 4.79 Å². The first-order valence-corrected chi connectivity index (χ1v) is 5.81. The minimum absolute atomic E-state index is 0.159. The van der Waals surface area contributed by atoms with E-state index in [1.807, 2.05) is 19.2 Å². The number of aromatic nitrogens is 3. The molecule has 84 valence electrons. The number of carbonyl (C=O) groups is 1. The van der Waals surface area contributed by atoms with Crippen LogP contribution in [0.3, 0.4) is 0 Å². The molecule has 0 atom stereocenters. The van der Waals surface area contributed by atoms with Gasteiger partial charge in [-0.25, -0.2) is 4.98 Å². The Balaban J connectivity index is 2.18. The third-order valence-corrected chi connectivity index (χ3v) is 2.73. The van der Waals surface area contributed by atoms with Crippen molar-refractivity contribution in [3.05, 3.63) is 29.5 Å². The van der Waals surface area contributed by atoms with Crippen molar-refractivity contribution < 1.29 is 4.79 Å². The molecule has 0 spiro atoms. The molecule has 0 aliphatic heterocycles. The van der Waals surface area contributed by atoms with Crippen molar-refractivity contribution in [1.29, 1.82) is 0 Å². The van der Waals surface area contributed by atoms with Gasteiger partial charge in [-0.15, -0.1) is 11.3 Å². The van der Waals surface area contributed by atoms with E-state index >= 15 is 0 Å². The molecule has 0 aromatic carbocycles. The zero-order valence-electron chi connectivity index (χ0n) is 9.04. The molecule has 0 aliphatic rings. The van der Waals surface area contributed by atoms with Crippen molar-refractivity contribution >= 4 is 22.4 Å². The molecule has 0 saturated heterocycles. The Labute approximate surface area is 97.1 Å². The molecule has 2 rings (SSSR count). The molecule has 2 aromatic heterocycles. The van der Waals surface area contributed by atoms with Crippen LogP contribution in [0.4, 0.5) is 5.13 Å². The Morgan fingerprint density at radius 1 is 1.50 bits per heavy atom. The first-order chi connectivity index (χ1) is 7.68. The Kier molecular flexibility index (Phi) is 3.00. The standard InChI is InChI=1S/C10H12N4OS/c1-7(2)14-8(3-4-12-14)9(15)13-10-11-5-6-16-10/h3-7H,1-2H3,(H,11,13,15). The van der Waals surface area contributed by atoms with Gasteiger partial charge in [0.15, 0.2) is 5.13 Å². The minimum Gasteiger partial charge on any atom is -0.297 e. The summed E-state index contributed by atoms with van der Waals surface area (Å²) < 4.78 is 1.68. The fourth-order valence-corrected chi connectivity index (χ4v) is 1.88. The van der Waals surface area contributed by atoms with E-state index in [2.05, 4.69) is 15.4 Å². The third kappa shape index (κ3) is 2.11. The maximum Gasteiger partial charge on any atom is 0.275 e. The Hall–Kier alpha value is -1.69. The summed E-state index contributed by atoms with van der Waals surface area (Å²) in [6.45, 7) is 3.96. The topological polar surface area (TPSA) is 59.8 Å². The molecule has 1 N–H and O–H groups in total. The summed E-state index contributed by atoms with van der Waals surface area (Å²) in [4.78, 5) is 15.9. The van der Waals surface area contributed by atoms with Crippen LogP contribution in [0.1, 0.15) is 30.4 Å². The van der Waals surface area contributed by atoms with Crippen LogP contribution in [-0.2, 0) is 0 Å². The van der Waals surface area contributed by atoms with E-state index in [0.29, 0.717) is 10.8 Å². The smallest absolute Gasteiger partial charge is 0.275 e. The fraction of sp³-hybridized carbons (Fsp3) is 0.300. The lowest BCUT2D eigenvalue weighted by molar-refractivity contribution is 0.101. The number of thiazole rings is 1. The van der Waals surface area contributed by atoms with Crippen LogP contribution in [0, 0.1) is 0 Å². The molecule has 2 heterocycles. The van der Waals surface area contributed by atoms with Crippen LogP contribution in [-0.4, -0.2) is 20.7 Å². The quantitative estimate of drug-likeness (QED) is 0.888. The third-order valence-electron chi connectivity index (χ3n) is 2.04. The molecular weight excluding hydrogens is 224 g/mol. The number of nitrogens with one attached hydrogen (secondary N) is 1. The average Bonchev–Trinajstić information content (AvgIpc) is 2.86. The summed E-state index contributed by atoms with van der Waals surface area (Å²) >= 11 is 1.39. The highest BCUT2D eigenvalue weighted by molar-refractivity contribution is 7.13. The lowest BCUT2D eigenvalue weighted by Gasteiger charge is -2.09. The van der Waals surface area contributed by atoms with Crippen LogP contribution in [0.2, 0.25) is 0 Å². The van der Waals surface area contributed by atoms with Gasteiger partial charge in [-0.1, -0.05) is 0 Å². The van der Waals surface area contributed by atoms with E-state index in [-0.39, 0.29) is 11.9 Å². The van der Waals surface area contributed by atoms with Crippen LogP contribution in [0.15, 0.2) is 23.8 Å². The zero-order valence-corrected chi connectivity index (χ0v) is 9.86. The summed E-state index contributed by atoms with van der Waals surface area (Å²) in [5, 5.41) is 9.25. The lowest BCUT2D eigenvalue weighted by Crippen LogP contribution is -2.18. The van der Waals surface area contributed by atoms with Crippen molar-refractivity contribution in [3.63, 3.8) is 0 Å². The van der Waals surface area contributed by atoms with E-state index in [4.69, 9.17) is 0 Å². The Morgan fingerprint density at radius 3 is 2.94 bits per heavy atom. The average molecular weight is 236 g/mol. The summed E-state index contributed by atoms with van der Waals surface area (Å²) in [5.41, 5.74) is 0.546. The lowest BCUT2D eigenvalue weighted by atomic mass is 10.3. The number of carbonyl (C=O) groups excluding carboxylic acids is 1. The summed E-state index contributed by atoms with van der Waals surface area (Å²) in [5.74, 6) is -0.179. The molecule has 0 radical (unpaired) electrons. The van der Waals surface area contributed by atoms with Crippen molar-refractivity contribution in [2.45, 2.75) is 19.9 Å². The van der Waals surface area contributed by atoms with Crippen molar-refractivity contribution in [3.8, 4) is 0 Å². The van der Waals surface area contributed by atoms with Gasteiger partial charge < -0.3 is 0 Å². The van der Waals surface area contributed by atoms with Gasteiger partial charge in [-0.3, -0.25) is 14.8 Å². The number of amides is 1. The number of anilines is 1. The molecular formula is C10H12N4OS. The number of hydrogen-bond donors (Lipinski definition) is 1.